The molecular formula is C15H17NO4S. The van der Waals surface area contributed by atoms with Crippen molar-refractivity contribution < 1.29 is 17.9 Å². The van der Waals surface area contributed by atoms with E-state index in [1.165, 1.54) is 0 Å². The second-order valence-corrected chi connectivity index (χ2v) is 7.07. The Bertz CT molecular complexity index is 700. The molecule has 0 radical (unpaired) electrons. The van der Waals surface area contributed by atoms with Crippen LogP contribution in [0, 0.1) is 0 Å². The van der Waals surface area contributed by atoms with Crippen LogP contribution in [0.3, 0.4) is 0 Å². The van der Waals surface area contributed by atoms with Crippen molar-refractivity contribution in [3.05, 3.63) is 35.2 Å². The second-order valence-electron chi connectivity index (χ2n) is 5.30. The summed E-state index contributed by atoms with van der Waals surface area (Å²) in [6, 6.07) is 6.64. The van der Waals surface area contributed by atoms with E-state index in [0.29, 0.717) is 18.7 Å². The molecule has 1 amide bonds. The summed E-state index contributed by atoms with van der Waals surface area (Å²) in [5, 5.41) is 1.10. The van der Waals surface area contributed by atoms with Crippen LogP contribution in [0.4, 0.5) is 0 Å². The van der Waals surface area contributed by atoms with E-state index in [4.69, 9.17) is 4.74 Å². The number of piperidine rings is 1. The van der Waals surface area contributed by atoms with Gasteiger partial charge in [0, 0.05) is 31.2 Å². The molecule has 0 atom stereocenters. The van der Waals surface area contributed by atoms with Gasteiger partial charge in [-0.05, 0) is 18.9 Å². The quantitative estimate of drug-likeness (QED) is 0.829. The molecule has 6 heteroatoms. The molecule has 5 nitrogen and oxygen atoms in total. The number of carbonyl (C=O) groups excluding carboxylic acids is 1. The maximum absolute atomic E-state index is 12.6. The summed E-state index contributed by atoms with van der Waals surface area (Å²) >= 11 is 0. The van der Waals surface area contributed by atoms with Crippen LogP contribution in [0.15, 0.2) is 34.6 Å². The standard InChI is InChI=1S/C15H17NO4S/c1-20-11-6-8-16(9-7-11)15(17)13-10-21(18,19)14-5-3-2-4-12(13)14/h2-5,10-11H,6-9H2,1H3. The van der Waals surface area contributed by atoms with Gasteiger partial charge in [0.05, 0.1) is 16.6 Å². The fourth-order valence-electron chi connectivity index (χ4n) is 2.85. The summed E-state index contributed by atoms with van der Waals surface area (Å²) < 4.78 is 29.4. The SMILES string of the molecule is COC1CCN(C(=O)C2=CS(=O)(=O)c3ccccc32)CC1. The number of rotatable bonds is 2. The van der Waals surface area contributed by atoms with Crippen molar-refractivity contribution in [1.82, 2.24) is 4.90 Å². The lowest BCUT2D eigenvalue weighted by Gasteiger charge is -2.31. The van der Waals surface area contributed by atoms with Gasteiger partial charge in [-0.1, -0.05) is 18.2 Å². The van der Waals surface area contributed by atoms with Crippen molar-refractivity contribution in [3.8, 4) is 0 Å². The summed E-state index contributed by atoms with van der Waals surface area (Å²) in [7, 11) is -1.82. The highest BCUT2D eigenvalue weighted by Gasteiger charge is 2.33. The number of sulfone groups is 1. The molecule has 0 aliphatic carbocycles. The molecule has 1 aromatic rings. The first-order valence-corrected chi connectivity index (χ1v) is 8.46. The number of carbonyl (C=O) groups is 1. The highest BCUT2D eigenvalue weighted by Crippen LogP contribution is 2.34. The first-order valence-electron chi connectivity index (χ1n) is 6.91. The number of ether oxygens (including phenoxy) is 1. The van der Waals surface area contributed by atoms with Crippen molar-refractivity contribution in [2.24, 2.45) is 0 Å². The Morgan fingerprint density at radius 1 is 1.24 bits per heavy atom. The van der Waals surface area contributed by atoms with Crippen LogP contribution in [-0.2, 0) is 19.4 Å². The number of hydrogen-bond donors (Lipinski definition) is 0. The molecular weight excluding hydrogens is 290 g/mol. The molecule has 1 fully saturated rings. The fourth-order valence-corrected chi connectivity index (χ4v) is 4.27. The van der Waals surface area contributed by atoms with E-state index < -0.39 is 9.84 Å². The Labute approximate surface area is 124 Å². The molecule has 1 aromatic carbocycles. The predicted molar refractivity (Wildman–Crippen MR) is 78.2 cm³/mol. The number of amides is 1. The van der Waals surface area contributed by atoms with Crippen LogP contribution in [-0.4, -0.2) is 45.5 Å². The van der Waals surface area contributed by atoms with Gasteiger partial charge >= 0.3 is 0 Å². The van der Waals surface area contributed by atoms with Gasteiger partial charge in [-0.2, -0.15) is 0 Å². The maximum Gasteiger partial charge on any atom is 0.255 e. The van der Waals surface area contributed by atoms with Crippen LogP contribution < -0.4 is 0 Å². The van der Waals surface area contributed by atoms with Crippen LogP contribution >= 0.6 is 0 Å². The molecule has 2 aliphatic rings. The molecule has 0 saturated carbocycles. The summed E-state index contributed by atoms with van der Waals surface area (Å²) in [6.45, 7) is 1.19. The summed E-state index contributed by atoms with van der Waals surface area (Å²) in [4.78, 5) is 14.5. The number of methoxy groups -OCH3 is 1. The topological polar surface area (TPSA) is 63.7 Å². The molecule has 1 saturated heterocycles. The lowest BCUT2D eigenvalue weighted by Crippen LogP contribution is -2.40. The Hall–Kier alpha value is -1.66. The van der Waals surface area contributed by atoms with Crippen LogP contribution in [0.25, 0.3) is 5.57 Å². The van der Waals surface area contributed by atoms with Crippen LogP contribution in [0.2, 0.25) is 0 Å². The Kier molecular flexibility index (Phi) is 3.59. The monoisotopic (exact) mass is 307 g/mol. The van der Waals surface area contributed by atoms with Gasteiger partial charge in [-0.3, -0.25) is 4.79 Å². The van der Waals surface area contributed by atoms with E-state index in [0.717, 1.165) is 18.2 Å². The van der Waals surface area contributed by atoms with E-state index in [9.17, 15) is 13.2 Å². The molecule has 0 N–H and O–H groups in total. The minimum atomic E-state index is -3.49. The van der Waals surface area contributed by atoms with Crippen molar-refractivity contribution in [2.45, 2.75) is 23.8 Å². The molecule has 0 aromatic heterocycles. The molecule has 0 bridgehead atoms. The molecule has 2 aliphatic heterocycles. The maximum atomic E-state index is 12.6. The third-order valence-corrected chi connectivity index (χ3v) is 5.56. The Morgan fingerprint density at radius 2 is 1.90 bits per heavy atom. The number of hydrogen-bond acceptors (Lipinski definition) is 4. The van der Waals surface area contributed by atoms with Gasteiger partial charge in [0.15, 0.2) is 0 Å². The normalized spacial score (nSPS) is 21.0. The average Bonchev–Trinajstić information content (AvgIpc) is 2.79. The summed E-state index contributed by atoms with van der Waals surface area (Å²) in [5.41, 5.74) is 0.790. The molecule has 21 heavy (non-hydrogen) atoms. The zero-order valence-electron chi connectivity index (χ0n) is 11.8. The Morgan fingerprint density at radius 3 is 2.57 bits per heavy atom. The van der Waals surface area contributed by atoms with Gasteiger partial charge in [0.2, 0.25) is 9.84 Å². The lowest BCUT2D eigenvalue weighted by atomic mass is 10.0. The highest BCUT2D eigenvalue weighted by molar-refractivity contribution is 7.95. The minimum absolute atomic E-state index is 0.183. The number of benzene rings is 1. The minimum Gasteiger partial charge on any atom is -0.381 e. The third kappa shape index (κ3) is 2.49. The van der Waals surface area contributed by atoms with Gasteiger partial charge in [-0.15, -0.1) is 0 Å². The number of fused-ring (bicyclic) bond motifs is 1. The van der Waals surface area contributed by atoms with E-state index in [1.807, 2.05) is 0 Å². The molecule has 3 rings (SSSR count). The first-order chi connectivity index (χ1) is 10.0. The Balaban J connectivity index is 1.87. The zero-order chi connectivity index (χ0) is 15.0. The highest BCUT2D eigenvalue weighted by atomic mass is 32.2. The van der Waals surface area contributed by atoms with Crippen molar-refractivity contribution in [2.75, 3.05) is 20.2 Å². The van der Waals surface area contributed by atoms with E-state index in [2.05, 4.69) is 0 Å². The van der Waals surface area contributed by atoms with Crippen molar-refractivity contribution in [3.63, 3.8) is 0 Å². The van der Waals surface area contributed by atoms with Crippen LogP contribution in [0.5, 0.6) is 0 Å². The summed E-state index contributed by atoms with van der Waals surface area (Å²) in [6.07, 6.45) is 1.75. The lowest BCUT2D eigenvalue weighted by molar-refractivity contribution is -0.127. The molecule has 2 heterocycles. The zero-order valence-corrected chi connectivity index (χ0v) is 12.6. The van der Waals surface area contributed by atoms with E-state index >= 15 is 0 Å². The van der Waals surface area contributed by atoms with Gasteiger partial charge in [0.1, 0.15) is 0 Å². The van der Waals surface area contributed by atoms with Crippen molar-refractivity contribution in [1.29, 1.82) is 0 Å². The number of likely N-dealkylation sites (tertiary alicyclic amines) is 1. The van der Waals surface area contributed by atoms with Gasteiger partial charge in [-0.25, -0.2) is 8.42 Å². The second kappa shape index (κ2) is 5.27. The first kappa shape index (κ1) is 14.3. The molecule has 112 valence electrons. The number of nitrogens with zero attached hydrogens (tertiary/aromatic N) is 1. The molecule has 0 spiro atoms. The van der Waals surface area contributed by atoms with Crippen LogP contribution in [0.1, 0.15) is 18.4 Å². The average molecular weight is 307 g/mol. The van der Waals surface area contributed by atoms with Crippen molar-refractivity contribution >= 4 is 21.3 Å². The van der Waals surface area contributed by atoms with E-state index in [1.54, 1.807) is 36.3 Å². The van der Waals surface area contributed by atoms with E-state index in [-0.39, 0.29) is 22.5 Å². The third-order valence-electron chi connectivity index (χ3n) is 4.05. The van der Waals surface area contributed by atoms with Gasteiger partial charge in [0.25, 0.3) is 5.91 Å². The smallest absolute Gasteiger partial charge is 0.255 e. The molecule has 0 unspecified atom stereocenters. The summed E-state index contributed by atoms with van der Waals surface area (Å²) in [5.74, 6) is -0.210. The predicted octanol–water partition coefficient (Wildman–Crippen LogP) is 1.45. The van der Waals surface area contributed by atoms with Gasteiger partial charge < -0.3 is 9.64 Å². The largest absolute Gasteiger partial charge is 0.381 e. The fraction of sp³-hybridized carbons (Fsp3) is 0.400.